The second kappa shape index (κ2) is 4.86. The third-order valence-electron chi connectivity index (χ3n) is 2.41. The van der Waals surface area contributed by atoms with Gasteiger partial charge in [-0.2, -0.15) is 0 Å². The highest BCUT2D eigenvalue weighted by atomic mass is 16.3. The Balaban J connectivity index is 3.76. The van der Waals surface area contributed by atoms with Crippen LogP contribution >= 0.6 is 0 Å². The van der Waals surface area contributed by atoms with Gasteiger partial charge in [0.05, 0.1) is 6.10 Å². The minimum Gasteiger partial charge on any atom is -0.393 e. The third-order valence-corrected chi connectivity index (χ3v) is 2.41. The van der Waals surface area contributed by atoms with Crippen molar-refractivity contribution in [2.45, 2.75) is 60.0 Å². The highest BCUT2D eigenvalue weighted by Gasteiger charge is 2.23. The first-order valence-electron chi connectivity index (χ1n) is 5.06. The van der Waals surface area contributed by atoms with Crippen LogP contribution in [0.5, 0.6) is 0 Å². The van der Waals surface area contributed by atoms with Crippen LogP contribution in [-0.2, 0) is 0 Å². The van der Waals surface area contributed by atoms with E-state index in [1.165, 1.54) is 12.8 Å². The van der Waals surface area contributed by atoms with Crippen molar-refractivity contribution in [1.29, 1.82) is 0 Å². The standard InChI is InChI=1S/C11H24O/c1-6-7-9(2)8-10(12)11(3,4)5/h9-10,12H,6-8H2,1-5H3. The van der Waals surface area contributed by atoms with E-state index in [4.69, 9.17) is 0 Å². The fraction of sp³-hybridized carbons (Fsp3) is 1.00. The molecule has 1 nitrogen and oxygen atoms in total. The Labute approximate surface area is 77.2 Å². The minimum absolute atomic E-state index is 0.0437. The maximum atomic E-state index is 9.78. The topological polar surface area (TPSA) is 20.2 Å². The third kappa shape index (κ3) is 4.76. The molecule has 0 aliphatic rings. The zero-order valence-corrected chi connectivity index (χ0v) is 9.22. The molecule has 0 heterocycles. The molecule has 0 saturated carbocycles. The molecular weight excluding hydrogens is 148 g/mol. The molecule has 0 aliphatic carbocycles. The van der Waals surface area contributed by atoms with Crippen molar-refractivity contribution in [3.8, 4) is 0 Å². The normalized spacial score (nSPS) is 17.5. The SMILES string of the molecule is CCCC(C)CC(O)C(C)(C)C. The summed E-state index contributed by atoms with van der Waals surface area (Å²) in [6.07, 6.45) is 3.24. The fourth-order valence-electron chi connectivity index (χ4n) is 1.35. The maximum Gasteiger partial charge on any atom is 0.0591 e. The van der Waals surface area contributed by atoms with Gasteiger partial charge in [-0.25, -0.2) is 0 Å². The van der Waals surface area contributed by atoms with Gasteiger partial charge in [0.1, 0.15) is 0 Å². The largest absolute Gasteiger partial charge is 0.393 e. The van der Waals surface area contributed by atoms with Crippen LogP contribution in [0.15, 0.2) is 0 Å². The maximum absolute atomic E-state index is 9.78. The molecule has 0 bridgehead atoms. The van der Waals surface area contributed by atoms with Crippen molar-refractivity contribution in [2.24, 2.45) is 11.3 Å². The Morgan fingerprint density at radius 3 is 2.08 bits per heavy atom. The summed E-state index contributed by atoms with van der Waals surface area (Å²) in [5, 5.41) is 9.78. The van der Waals surface area contributed by atoms with Crippen molar-refractivity contribution in [1.82, 2.24) is 0 Å². The molecule has 0 aromatic rings. The Morgan fingerprint density at radius 2 is 1.75 bits per heavy atom. The van der Waals surface area contributed by atoms with Crippen LogP contribution in [0.2, 0.25) is 0 Å². The molecule has 0 aliphatic heterocycles. The summed E-state index contributed by atoms with van der Waals surface area (Å²) in [7, 11) is 0. The van der Waals surface area contributed by atoms with Crippen molar-refractivity contribution in [3.05, 3.63) is 0 Å². The summed E-state index contributed by atoms with van der Waals surface area (Å²) in [5.74, 6) is 0.657. The van der Waals surface area contributed by atoms with Gasteiger partial charge >= 0.3 is 0 Å². The Morgan fingerprint density at radius 1 is 1.25 bits per heavy atom. The summed E-state index contributed by atoms with van der Waals surface area (Å²) >= 11 is 0. The summed E-state index contributed by atoms with van der Waals surface area (Å²) in [4.78, 5) is 0. The molecule has 0 amide bonds. The van der Waals surface area contributed by atoms with Crippen molar-refractivity contribution in [2.75, 3.05) is 0 Å². The van der Waals surface area contributed by atoms with Gasteiger partial charge in [0.15, 0.2) is 0 Å². The average molecular weight is 172 g/mol. The van der Waals surface area contributed by atoms with Crippen LogP contribution in [0.3, 0.4) is 0 Å². The fourth-order valence-corrected chi connectivity index (χ4v) is 1.35. The first-order chi connectivity index (χ1) is 5.38. The van der Waals surface area contributed by atoms with Gasteiger partial charge in [-0.3, -0.25) is 0 Å². The molecule has 12 heavy (non-hydrogen) atoms. The smallest absolute Gasteiger partial charge is 0.0591 e. The summed E-state index contributed by atoms with van der Waals surface area (Å²) < 4.78 is 0. The lowest BCUT2D eigenvalue weighted by atomic mass is 9.83. The van der Waals surface area contributed by atoms with Crippen molar-refractivity contribution < 1.29 is 5.11 Å². The number of aliphatic hydroxyl groups is 1. The molecule has 0 aromatic heterocycles. The molecule has 74 valence electrons. The number of hydrogen-bond donors (Lipinski definition) is 1. The molecular formula is C11H24O. The van der Waals surface area contributed by atoms with Gasteiger partial charge in [0.25, 0.3) is 0 Å². The molecule has 1 N–H and O–H groups in total. The van der Waals surface area contributed by atoms with Crippen molar-refractivity contribution >= 4 is 0 Å². The average Bonchev–Trinajstić information content (AvgIpc) is 1.85. The van der Waals surface area contributed by atoms with E-state index in [2.05, 4.69) is 34.6 Å². The highest BCUT2D eigenvalue weighted by molar-refractivity contribution is 4.74. The highest BCUT2D eigenvalue weighted by Crippen LogP contribution is 2.25. The van der Waals surface area contributed by atoms with E-state index in [0.717, 1.165) is 6.42 Å². The Hall–Kier alpha value is -0.0400. The van der Waals surface area contributed by atoms with Gasteiger partial charge in [0.2, 0.25) is 0 Å². The van der Waals surface area contributed by atoms with E-state index < -0.39 is 0 Å². The molecule has 0 saturated heterocycles. The molecule has 0 aromatic carbocycles. The number of rotatable bonds is 4. The summed E-state index contributed by atoms with van der Waals surface area (Å²) in [5.41, 5.74) is 0.0437. The number of aliphatic hydroxyl groups excluding tert-OH is 1. The Kier molecular flexibility index (Phi) is 4.84. The van der Waals surface area contributed by atoms with Crippen LogP contribution in [0, 0.1) is 11.3 Å². The molecule has 2 atom stereocenters. The zero-order chi connectivity index (χ0) is 9.78. The van der Waals surface area contributed by atoms with Crippen LogP contribution in [0.25, 0.3) is 0 Å². The van der Waals surface area contributed by atoms with E-state index in [1.807, 2.05) is 0 Å². The van der Waals surface area contributed by atoms with E-state index in [-0.39, 0.29) is 11.5 Å². The molecule has 0 rings (SSSR count). The molecule has 1 heteroatoms. The van der Waals surface area contributed by atoms with Gasteiger partial charge in [0, 0.05) is 0 Å². The molecule has 2 unspecified atom stereocenters. The summed E-state index contributed by atoms with van der Waals surface area (Å²) in [6.45, 7) is 10.7. The first kappa shape index (κ1) is 12.0. The van der Waals surface area contributed by atoms with Crippen LogP contribution < -0.4 is 0 Å². The lowest BCUT2D eigenvalue weighted by molar-refractivity contribution is 0.0420. The predicted octanol–water partition coefficient (Wildman–Crippen LogP) is 3.22. The Bertz CT molecular complexity index is 113. The van der Waals surface area contributed by atoms with Crippen LogP contribution in [0.4, 0.5) is 0 Å². The monoisotopic (exact) mass is 172 g/mol. The second-order valence-corrected chi connectivity index (χ2v) is 5.01. The lowest BCUT2D eigenvalue weighted by Crippen LogP contribution is -2.27. The lowest BCUT2D eigenvalue weighted by Gasteiger charge is -2.28. The first-order valence-corrected chi connectivity index (χ1v) is 5.06. The second-order valence-electron chi connectivity index (χ2n) is 5.01. The molecule has 0 radical (unpaired) electrons. The van der Waals surface area contributed by atoms with E-state index in [1.54, 1.807) is 0 Å². The van der Waals surface area contributed by atoms with Gasteiger partial charge in [-0.15, -0.1) is 0 Å². The predicted molar refractivity (Wildman–Crippen MR) is 54.2 cm³/mol. The van der Waals surface area contributed by atoms with E-state index in [0.29, 0.717) is 5.92 Å². The van der Waals surface area contributed by atoms with Crippen LogP contribution in [-0.4, -0.2) is 11.2 Å². The molecule has 0 spiro atoms. The zero-order valence-electron chi connectivity index (χ0n) is 9.22. The quantitative estimate of drug-likeness (QED) is 0.690. The van der Waals surface area contributed by atoms with Gasteiger partial charge in [-0.1, -0.05) is 47.5 Å². The van der Waals surface area contributed by atoms with Gasteiger partial charge in [-0.05, 0) is 17.8 Å². The van der Waals surface area contributed by atoms with Crippen molar-refractivity contribution in [3.63, 3.8) is 0 Å². The van der Waals surface area contributed by atoms with E-state index in [9.17, 15) is 5.11 Å². The summed E-state index contributed by atoms with van der Waals surface area (Å²) in [6, 6.07) is 0. The van der Waals surface area contributed by atoms with E-state index >= 15 is 0 Å². The minimum atomic E-state index is -0.154. The molecule has 0 fully saturated rings. The number of hydrogen-bond acceptors (Lipinski definition) is 1. The van der Waals surface area contributed by atoms with Gasteiger partial charge < -0.3 is 5.11 Å². The van der Waals surface area contributed by atoms with Crippen LogP contribution in [0.1, 0.15) is 53.9 Å².